The van der Waals surface area contributed by atoms with Crippen molar-refractivity contribution in [1.29, 1.82) is 0 Å². The number of hydrogen-bond acceptors (Lipinski definition) is 3. The lowest BCUT2D eigenvalue weighted by Gasteiger charge is -2.21. The highest BCUT2D eigenvalue weighted by molar-refractivity contribution is 5.89. The average Bonchev–Trinajstić information content (AvgIpc) is 3.00. The van der Waals surface area contributed by atoms with Crippen molar-refractivity contribution in [3.63, 3.8) is 0 Å². The van der Waals surface area contributed by atoms with Crippen LogP contribution >= 0.6 is 0 Å². The van der Waals surface area contributed by atoms with Crippen LogP contribution in [0.3, 0.4) is 0 Å². The number of anilines is 1. The molecule has 0 bridgehead atoms. The van der Waals surface area contributed by atoms with E-state index in [0.29, 0.717) is 19.6 Å². The molecule has 0 aromatic heterocycles. The minimum absolute atomic E-state index is 0.0898. The van der Waals surface area contributed by atoms with E-state index in [1.807, 2.05) is 45.0 Å². The molecule has 0 unspecified atom stereocenters. The molecule has 3 amide bonds. The van der Waals surface area contributed by atoms with Crippen molar-refractivity contribution in [3.8, 4) is 0 Å². The van der Waals surface area contributed by atoms with Gasteiger partial charge in [-0.2, -0.15) is 0 Å². The van der Waals surface area contributed by atoms with Crippen molar-refractivity contribution in [3.05, 3.63) is 29.8 Å². The zero-order valence-corrected chi connectivity index (χ0v) is 15.6. The lowest BCUT2D eigenvalue weighted by molar-refractivity contribution is 0.0520. The first kappa shape index (κ1) is 19.1. The Kier molecular flexibility index (Phi) is 6.28. The zero-order chi connectivity index (χ0) is 18.4. The third kappa shape index (κ3) is 6.29. The average molecular weight is 347 g/mol. The van der Waals surface area contributed by atoms with Crippen LogP contribution in [-0.2, 0) is 11.2 Å². The summed E-state index contributed by atoms with van der Waals surface area (Å²) in [5.41, 5.74) is 1.51. The highest BCUT2D eigenvalue weighted by Gasteiger charge is 2.27. The van der Waals surface area contributed by atoms with E-state index in [1.54, 1.807) is 4.90 Å². The van der Waals surface area contributed by atoms with Crippen LogP contribution in [0.2, 0.25) is 0 Å². The summed E-state index contributed by atoms with van der Waals surface area (Å²) in [7, 11) is 0. The summed E-state index contributed by atoms with van der Waals surface area (Å²) < 4.78 is 5.23. The van der Waals surface area contributed by atoms with Crippen molar-refractivity contribution in [2.75, 3.05) is 25.0 Å². The van der Waals surface area contributed by atoms with Crippen molar-refractivity contribution in [2.45, 2.75) is 46.1 Å². The maximum atomic E-state index is 12.4. The lowest BCUT2D eigenvalue weighted by atomic mass is 10.1. The van der Waals surface area contributed by atoms with E-state index in [9.17, 15) is 9.59 Å². The Bertz CT molecular complexity index is 610. The van der Waals surface area contributed by atoms with Crippen LogP contribution in [-0.4, -0.2) is 42.3 Å². The fraction of sp³-hybridized carbons (Fsp3) is 0.579. The molecule has 2 N–H and O–H groups in total. The zero-order valence-electron chi connectivity index (χ0n) is 15.6. The predicted molar refractivity (Wildman–Crippen MR) is 98.8 cm³/mol. The van der Waals surface area contributed by atoms with E-state index >= 15 is 0 Å². The van der Waals surface area contributed by atoms with Crippen molar-refractivity contribution >= 4 is 17.8 Å². The van der Waals surface area contributed by atoms with Gasteiger partial charge in [-0.15, -0.1) is 0 Å². The number of urea groups is 1. The second kappa shape index (κ2) is 8.23. The van der Waals surface area contributed by atoms with Crippen LogP contribution < -0.4 is 10.6 Å². The first-order valence-electron chi connectivity index (χ1n) is 8.88. The summed E-state index contributed by atoms with van der Waals surface area (Å²) in [5, 5.41) is 5.74. The number of carbonyl (C=O) groups is 2. The van der Waals surface area contributed by atoms with Gasteiger partial charge in [-0.1, -0.05) is 19.1 Å². The molecule has 1 heterocycles. The molecule has 1 atom stereocenters. The molecule has 1 aliphatic rings. The summed E-state index contributed by atoms with van der Waals surface area (Å²) in [5.74, 6) is 0.250. The molecule has 2 rings (SSSR count). The molecule has 1 aromatic rings. The van der Waals surface area contributed by atoms with Crippen LogP contribution in [0.15, 0.2) is 24.3 Å². The number of ether oxygens (including phenoxy) is 1. The van der Waals surface area contributed by atoms with Crippen molar-refractivity contribution in [1.82, 2.24) is 10.2 Å². The van der Waals surface area contributed by atoms with Crippen LogP contribution in [0.25, 0.3) is 0 Å². The van der Waals surface area contributed by atoms with E-state index in [4.69, 9.17) is 4.74 Å². The quantitative estimate of drug-likeness (QED) is 0.874. The van der Waals surface area contributed by atoms with E-state index in [1.165, 1.54) is 5.56 Å². The number of alkyl carbamates (subject to hydrolysis) is 1. The van der Waals surface area contributed by atoms with Gasteiger partial charge >= 0.3 is 12.1 Å². The minimum Gasteiger partial charge on any atom is -0.444 e. The van der Waals surface area contributed by atoms with Gasteiger partial charge in [0.05, 0.1) is 0 Å². The summed E-state index contributed by atoms with van der Waals surface area (Å²) in [6.45, 7) is 9.44. The Labute approximate surface area is 149 Å². The molecule has 1 fully saturated rings. The van der Waals surface area contributed by atoms with E-state index < -0.39 is 11.7 Å². The number of likely N-dealkylation sites (tertiary alicyclic amines) is 1. The number of aryl methyl sites for hydroxylation is 1. The maximum Gasteiger partial charge on any atom is 0.407 e. The molecular weight excluding hydrogens is 318 g/mol. The van der Waals surface area contributed by atoms with E-state index in [2.05, 4.69) is 17.6 Å². The topological polar surface area (TPSA) is 70.7 Å². The Morgan fingerprint density at radius 3 is 2.76 bits per heavy atom. The van der Waals surface area contributed by atoms with Crippen molar-refractivity contribution < 1.29 is 14.3 Å². The number of nitrogens with zero attached hydrogens (tertiary/aromatic N) is 1. The number of amides is 3. The number of rotatable bonds is 4. The Hall–Kier alpha value is -2.24. The Balaban J connectivity index is 1.77. The van der Waals surface area contributed by atoms with Crippen LogP contribution in [0.1, 0.15) is 39.7 Å². The fourth-order valence-electron chi connectivity index (χ4n) is 2.80. The predicted octanol–water partition coefficient (Wildman–Crippen LogP) is 3.63. The summed E-state index contributed by atoms with van der Waals surface area (Å²) in [6.07, 6.45) is 1.40. The Morgan fingerprint density at radius 1 is 1.32 bits per heavy atom. The molecule has 6 heteroatoms. The van der Waals surface area contributed by atoms with Gasteiger partial charge in [0, 0.05) is 25.3 Å². The third-order valence-corrected chi connectivity index (χ3v) is 4.09. The van der Waals surface area contributed by atoms with Gasteiger partial charge in [0.1, 0.15) is 5.60 Å². The first-order chi connectivity index (χ1) is 11.8. The molecular formula is C19H29N3O3. The molecule has 1 saturated heterocycles. The number of nitrogens with one attached hydrogen (secondary N) is 2. The van der Waals surface area contributed by atoms with Crippen LogP contribution in [0.4, 0.5) is 15.3 Å². The fourth-order valence-corrected chi connectivity index (χ4v) is 2.80. The smallest absolute Gasteiger partial charge is 0.407 e. The molecule has 6 nitrogen and oxygen atoms in total. The molecule has 0 radical (unpaired) electrons. The standard InChI is InChI=1S/C19H29N3O3/c1-5-14-7-6-8-16(11-14)21-17(23)22-10-9-15(13-22)12-20-18(24)25-19(2,3)4/h6-8,11,15H,5,9-10,12-13H2,1-4H3,(H,20,24)(H,21,23)/t15-/m1/s1. The molecule has 0 saturated carbocycles. The first-order valence-corrected chi connectivity index (χ1v) is 8.88. The number of benzene rings is 1. The molecule has 1 aromatic carbocycles. The third-order valence-electron chi connectivity index (χ3n) is 4.09. The molecule has 0 aliphatic carbocycles. The molecule has 138 valence electrons. The van der Waals surface area contributed by atoms with Gasteiger partial charge in [-0.05, 0) is 57.2 Å². The molecule has 25 heavy (non-hydrogen) atoms. The van der Waals surface area contributed by atoms with Gasteiger partial charge in [0.25, 0.3) is 0 Å². The minimum atomic E-state index is -0.501. The van der Waals surface area contributed by atoms with Crippen LogP contribution in [0, 0.1) is 5.92 Å². The van der Waals surface area contributed by atoms with Gasteiger partial charge < -0.3 is 20.3 Å². The second-order valence-corrected chi connectivity index (χ2v) is 7.47. The number of hydrogen-bond donors (Lipinski definition) is 2. The largest absolute Gasteiger partial charge is 0.444 e. The SMILES string of the molecule is CCc1cccc(NC(=O)N2CC[C@H](CNC(=O)OC(C)(C)C)C2)c1. The monoisotopic (exact) mass is 347 g/mol. The van der Waals surface area contributed by atoms with Gasteiger partial charge in [-0.3, -0.25) is 0 Å². The summed E-state index contributed by atoms with van der Waals surface area (Å²) in [6, 6.07) is 7.80. The van der Waals surface area contributed by atoms with Crippen LogP contribution in [0.5, 0.6) is 0 Å². The van der Waals surface area contributed by atoms with Crippen molar-refractivity contribution in [2.24, 2.45) is 5.92 Å². The van der Waals surface area contributed by atoms with E-state index in [-0.39, 0.29) is 11.9 Å². The van der Waals surface area contributed by atoms with E-state index in [0.717, 1.165) is 18.5 Å². The van der Waals surface area contributed by atoms with Gasteiger partial charge in [-0.25, -0.2) is 9.59 Å². The Morgan fingerprint density at radius 2 is 2.08 bits per heavy atom. The lowest BCUT2D eigenvalue weighted by Crippen LogP contribution is -2.37. The van der Waals surface area contributed by atoms with Gasteiger partial charge in [0.15, 0.2) is 0 Å². The highest BCUT2D eigenvalue weighted by atomic mass is 16.6. The number of carbonyl (C=O) groups excluding carboxylic acids is 2. The summed E-state index contributed by atoms with van der Waals surface area (Å²) in [4.78, 5) is 25.9. The molecule has 0 spiro atoms. The maximum absolute atomic E-state index is 12.4. The normalized spacial score (nSPS) is 17.3. The molecule has 1 aliphatic heterocycles. The van der Waals surface area contributed by atoms with Gasteiger partial charge in [0.2, 0.25) is 0 Å². The highest BCUT2D eigenvalue weighted by Crippen LogP contribution is 2.18. The second-order valence-electron chi connectivity index (χ2n) is 7.47. The summed E-state index contributed by atoms with van der Waals surface area (Å²) >= 11 is 0.